The lowest BCUT2D eigenvalue weighted by molar-refractivity contribution is 0.380. The van der Waals surface area contributed by atoms with Crippen molar-refractivity contribution in [1.82, 2.24) is 0 Å². The maximum absolute atomic E-state index is 15.2. The second-order valence-electron chi connectivity index (χ2n) is 8.68. The molecule has 0 nitrogen and oxygen atoms in total. The van der Waals surface area contributed by atoms with Crippen LogP contribution in [0, 0.1) is 87.3 Å². The van der Waals surface area contributed by atoms with Crippen LogP contribution in [0.4, 0.5) is 65.9 Å². The molecule has 0 N–H and O–H groups in total. The molecule has 0 spiro atoms. The van der Waals surface area contributed by atoms with Crippen LogP contribution < -0.4 is 16.4 Å². The summed E-state index contributed by atoms with van der Waals surface area (Å²) >= 11 is 0. The third kappa shape index (κ3) is 4.56. The van der Waals surface area contributed by atoms with Crippen molar-refractivity contribution >= 4 is 47.6 Å². The summed E-state index contributed by atoms with van der Waals surface area (Å²) in [5.41, 5.74) is -7.49. The van der Waals surface area contributed by atoms with Crippen LogP contribution in [-0.4, -0.2) is 24.7 Å². The second-order valence-corrected chi connectivity index (χ2v) is 14.7. The molecular weight excluding hydrogens is 610 g/mol. The Hall–Kier alpha value is -2.48. The summed E-state index contributed by atoms with van der Waals surface area (Å²) < 4.78 is 218. The van der Waals surface area contributed by atoms with E-state index in [-0.39, 0.29) is 0 Å². The van der Waals surface area contributed by atoms with Gasteiger partial charge < -0.3 is 0 Å². The summed E-state index contributed by atoms with van der Waals surface area (Å²) in [7, 11) is -3.58. The SMILES string of the molecule is C[S+](C)[BH2-][PH2+][B-](c1c(F)c(F)c(F)c(F)c1F)(c1c(F)c(F)c(F)c(F)c1F)c1c(F)c(F)c(F)c(F)c1F. The van der Waals surface area contributed by atoms with Crippen LogP contribution in [0.3, 0.4) is 0 Å². The van der Waals surface area contributed by atoms with Crippen molar-refractivity contribution < 1.29 is 65.9 Å². The van der Waals surface area contributed by atoms with Gasteiger partial charge in [-0.1, -0.05) is 16.4 Å². The minimum Gasteiger partial charge on any atom is -0.277 e. The maximum Gasteiger partial charge on any atom is 0.306 e. The zero-order valence-corrected chi connectivity index (χ0v) is 21.2. The van der Waals surface area contributed by atoms with E-state index in [9.17, 15) is 39.5 Å². The molecule has 0 aliphatic rings. The predicted octanol–water partition coefficient (Wildman–Crippen LogP) is 4.03. The van der Waals surface area contributed by atoms with E-state index >= 15 is 26.3 Å². The highest BCUT2D eigenvalue weighted by Crippen LogP contribution is 2.36. The Morgan fingerprint density at radius 1 is 0.385 bits per heavy atom. The first-order valence-corrected chi connectivity index (χ1v) is 14.6. The molecule has 0 aliphatic heterocycles. The number of hydrogen-bond donors (Lipinski definition) is 0. The molecule has 0 fully saturated rings. The Bertz CT molecular complexity index is 1260. The number of hydrogen-bond acceptors (Lipinski definition) is 0. The number of benzene rings is 3. The second kappa shape index (κ2) is 10.8. The Morgan fingerprint density at radius 2 is 0.564 bits per heavy atom. The molecule has 3 aromatic rings. The highest BCUT2D eigenvalue weighted by atomic mass is 32.2. The molecule has 1 atom stereocenters. The van der Waals surface area contributed by atoms with Crippen molar-refractivity contribution in [3.63, 3.8) is 0 Å². The molecule has 0 heterocycles. The van der Waals surface area contributed by atoms with Crippen LogP contribution in [0.1, 0.15) is 0 Å². The molecular formula is C20H10B2F15PS. The first-order valence-electron chi connectivity index (χ1n) is 10.3. The zero-order chi connectivity index (χ0) is 29.9. The van der Waals surface area contributed by atoms with Gasteiger partial charge >= 0.3 is 6.28 Å². The van der Waals surface area contributed by atoms with Crippen molar-refractivity contribution in [3.05, 3.63) is 87.3 Å². The zero-order valence-electron chi connectivity index (χ0n) is 19.2. The standard InChI is InChI=1S/C20H10B2F15PS/c1-39(2)21-38-22(3-6(23)12(29)18(35)13(30)7(3)24,4-8(25)14(31)19(36)15(32)9(4)26)5-10(27)16(33)20(37)17(34)11(5)28/h21,38H2,1-2H3. The molecule has 212 valence electrons. The average Bonchev–Trinajstić information content (AvgIpc) is 2.89. The lowest BCUT2D eigenvalue weighted by atomic mass is 9.33. The van der Waals surface area contributed by atoms with E-state index in [1.54, 1.807) is 0 Å². The minimum absolute atomic E-state index is 1.01. The Balaban J connectivity index is 2.87. The van der Waals surface area contributed by atoms with Crippen LogP contribution in [0.2, 0.25) is 0 Å². The topological polar surface area (TPSA) is 0 Å². The molecule has 3 aromatic carbocycles. The molecule has 0 saturated carbocycles. The van der Waals surface area contributed by atoms with Crippen molar-refractivity contribution in [3.8, 4) is 0 Å². The fourth-order valence-electron chi connectivity index (χ4n) is 4.47. The summed E-state index contributed by atoms with van der Waals surface area (Å²) in [6.45, 7) is 0. The smallest absolute Gasteiger partial charge is 0.277 e. The van der Waals surface area contributed by atoms with Crippen LogP contribution in [0.25, 0.3) is 0 Å². The summed E-state index contributed by atoms with van der Waals surface area (Å²) in [6.07, 6.45) is 0.537. The largest absolute Gasteiger partial charge is 0.306 e. The highest BCUT2D eigenvalue weighted by molar-refractivity contribution is 8.38. The van der Waals surface area contributed by atoms with Gasteiger partial charge in [0.1, 0.15) is 34.9 Å². The van der Waals surface area contributed by atoms with Gasteiger partial charge in [-0.15, -0.1) is 0 Å². The van der Waals surface area contributed by atoms with Crippen LogP contribution in [0.5, 0.6) is 0 Å². The molecule has 0 radical (unpaired) electrons. The quantitative estimate of drug-likeness (QED) is 0.0977. The molecule has 0 saturated heterocycles. The third-order valence-corrected chi connectivity index (χ3v) is 13.1. The van der Waals surface area contributed by atoms with Gasteiger partial charge in [-0.05, 0) is 0 Å². The van der Waals surface area contributed by atoms with E-state index in [0.717, 1.165) is 0 Å². The van der Waals surface area contributed by atoms with Crippen LogP contribution in [-0.2, 0) is 10.7 Å². The van der Waals surface area contributed by atoms with Gasteiger partial charge in [0.05, 0.1) is 12.5 Å². The molecule has 0 bridgehead atoms. The van der Waals surface area contributed by atoms with Gasteiger partial charge in [0.2, 0.25) is 5.87 Å². The van der Waals surface area contributed by atoms with Gasteiger partial charge in [0, 0.05) is 0 Å². The first kappa shape index (κ1) is 31.1. The highest BCUT2D eigenvalue weighted by Gasteiger charge is 2.51. The predicted molar refractivity (Wildman–Crippen MR) is 121 cm³/mol. The third-order valence-electron chi connectivity index (χ3n) is 6.20. The van der Waals surface area contributed by atoms with E-state index < -0.39 is 135 Å². The number of rotatable bonds is 6. The van der Waals surface area contributed by atoms with Crippen molar-refractivity contribution in [2.24, 2.45) is 0 Å². The molecule has 1 unspecified atom stereocenters. The fraction of sp³-hybridized carbons (Fsp3) is 0.100. The van der Waals surface area contributed by atoms with Crippen molar-refractivity contribution in [1.29, 1.82) is 0 Å². The molecule has 19 heteroatoms. The van der Waals surface area contributed by atoms with Crippen molar-refractivity contribution in [2.45, 2.75) is 0 Å². The van der Waals surface area contributed by atoms with E-state index in [0.29, 0.717) is 0 Å². The molecule has 39 heavy (non-hydrogen) atoms. The van der Waals surface area contributed by atoms with E-state index in [4.69, 9.17) is 0 Å². The van der Waals surface area contributed by atoms with Gasteiger partial charge in [0.15, 0.2) is 52.4 Å². The summed E-state index contributed by atoms with van der Waals surface area (Å²) in [5.74, 6) is -49.5. The van der Waals surface area contributed by atoms with E-state index in [2.05, 4.69) is 0 Å². The summed E-state index contributed by atoms with van der Waals surface area (Å²) in [4.78, 5) is 0. The van der Waals surface area contributed by atoms with Gasteiger partial charge in [-0.25, -0.2) is 65.9 Å². The maximum atomic E-state index is 15.2. The first-order chi connectivity index (χ1) is 17.9. The lowest BCUT2D eigenvalue weighted by Gasteiger charge is -2.40. The van der Waals surface area contributed by atoms with Crippen LogP contribution in [0.15, 0.2) is 0 Å². The fourth-order valence-corrected chi connectivity index (χ4v) is 10.2. The molecule has 0 aliphatic carbocycles. The van der Waals surface area contributed by atoms with Gasteiger partial charge in [-0.2, -0.15) is 10.7 Å². The van der Waals surface area contributed by atoms with E-state index in [1.807, 2.05) is 0 Å². The van der Waals surface area contributed by atoms with Gasteiger partial charge in [0.25, 0.3) is 0 Å². The Kier molecular flexibility index (Phi) is 8.62. The van der Waals surface area contributed by atoms with E-state index in [1.165, 1.54) is 12.5 Å². The summed E-state index contributed by atoms with van der Waals surface area (Å²) in [6, 6.07) is 0. The van der Waals surface area contributed by atoms with Crippen LogP contribution >= 0.6 is 8.34 Å². The Labute approximate surface area is 213 Å². The molecule has 0 amide bonds. The molecule has 0 aromatic heterocycles. The average molecular weight is 620 g/mol. The van der Waals surface area contributed by atoms with Gasteiger partial charge in [-0.3, -0.25) is 8.34 Å². The lowest BCUT2D eigenvalue weighted by Crippen LogP contribution is -2.71. The van der Waals surface area contributed by atoms with Crippen molar-refractivity contribution in [2.75, 3.05) is 12.5 Å². The Morgan fingerprint density at radius 3 is 0.744 bits per heavy atom. The molecule has 3 rings (SSSR count). The normalized spacial score (nSPS) is 12.5. The number of halogens is 15. The minimum atomic E-state index is -5.30. The summed E-state index contributed by atoms with van der Waals surface area (Å²) in [5, 5.41) is 0. The monoisotopic (exact) mass is 620 g/mol.